The fourth-order valence-corrected chi connectivity index (χ4v) is 1.54. The molecular formula is C8H17ClN2O. The number of amides is 1. The Balaban J connectivity index is 0.00000121. The second-order valence-electron chi connectivity index (χ2n) is 2.98. The standard InChI is InChI=1S/C8H16N2O.ClH/c1-3-8-6-9-4-5-10(8)7(2)11;/h8-9H,3-6H2,1-2H3;1H/t8-;/m1./s1. The number of piperazine rings is 1. The first-order valence-corrected chi connectivity index (χ1v) is 4.23. The van der Waals surface area contributed by atoms with Crippen LogP contribution in [0.25, 0.3) is 0 Å². The highest BCUT2D eigenvalue weighted by molar-refractivity contribution is 5.85. The van der Waals surface area contributed by atoms with Crippen molar-refractivity contribution in [3.05, 3.63) is 0 Å². The van der Waals surface area contributed by atoms with E-state index in [4.69, 9.17) is 0 Å². The molecule has 0 radical (unpaired) electrons. The van der Waals surface area contributed by atoms with Crippen LogP contribution in [0.4, 0.5) is 0 Å². The number of halogens is 1. The van der Waals surface area contributed by atoms with Gasteiger partial charge in [0.05, 0.1) is 0 Å². The predicted molar refractivity (Wildman–Crippen MR) is 51.6 cm³/mol. The summed E-state index contributed by atoms with van der Waals surface area (Å²) < 4.78 is 0. The van der Waals surface area contributed by atoms with Gasteiger partial charge in [0, 0.05) is 32.6 Å². The zero-order valence-electron chi connectivity index (χ0n) is 7.67. The quantitative estimate of drug-likeness (QED) is 0.662. The Morgan fingerprint density at radius 3 is 2.75 bits per heavy atom. The molecule has 0 aromatic heterocycles. The molecule has 1 saturated heterocycles. The fourth-order valence-electron chi connectivity index (χ4n) is 1.54. The Kier molecular flexibility index (Phi) is 5.25. The predicted octanol–water partition coefficient (Wildman–Crippen LogP) is 0.639. The Morgan fingerprint density at radius 1 is 1.67 bits per heavy atom. The fraction of sp³-hybridized carbons (Fsp3) is 0.875. The van der Waals surface area contributed by atoms with Crippen LogP contribution >= 0.6 is 12.4 Å². The summed E-state index contributed by atoms with van der Waals surface area (Å²) in [6.45, 7) is 6.53. The second-order valence-corrected chi connectivity index (χ2v) is 2.98. The van der Waals surface area contributed by atoms with Gasteiger partial charge in [-0.05, 0) is 6.42 Å². The van der Waals surface area contributed by atoms with E-state index >= 15 is 0 Å². The third-order valence-electron chi connectivity index (χ3n) is 2.23. The molecule has 0 aliphatic carbocycles. The Labute approximate surface area is 79.9 Å². The molecule has 1 fully saturated rings. The molecule has 0 aromatic carbocycles. The van der Waals surface area contributed by atoms with Crippen LogP contribution in [0.5, 0.6) is 0 Å². The van der Waals surface area contributed by atoms with Crippen molar-refractivity contribution in [1.29, 1.82) is 0 Å². The molecule has 0 unspecified atom stereocenters. The Bertz CT molecular complexity index is 152. The van der Waals surface area contributed by atoms with Crippen molar-refractivity contribution in [1.82, 2.24) is 10.2 Å². The van der Waals surface area contributed by atoms with Gasteiger partial charge in [-0.2, -0.15) is 0 Å². The lowest BCUT2D eigenvalue weighted by Gasteiger charge is -2.34. The van der Waals surface area contributed by atoms with Crippen LogP contribution in [0.2, 0.25) is 0 Å². The van der Waals surface area contributed by atoms with Gasteiger partial charge in [0.15, 0.2) is 0 Å². The summed E-state index contributed by atoms with van der Waals surface area (Å²) in [6.07, 6.45) is 1.05. The molecule has 0 bridgehead atoms. The van der Waals surface area contributed by atoms with Gasteiger partial charge in [-0.1, -0.05) is 6.92 Å². The van der Waals surface area contributed by atoms with E-state index in [1.54, 1.807) is 6.92 Å². The summed E-state index contributed by atoms with van der Waals surface area (Å²) in [6, 6.07) is 0.418. The van der Waals surface area contributed by atoms with Crippen molar-refractivity contribution in [3.63, 3.8) is 0 Å². The van der Waals surface area contributed by atoms with E-state index in [-0.39, 0.29) is 18.3 Å². The van der Waals surface area contributed by atoms with Crippen molar-refractivity contribution >= 4 is 18.3 Å². The summed E-state index contributed by atoms with van der Waals surface area (Å²) in [5, 5.41) is 3.28. The van der Waals surface area contributed by atoms with Crippen LogP contribution in [0.15, 0.2) is 0 Å². The molecule has 3 nitrogen and oxygen atoms in total. The maximum absolute atomic E-state index is 11.1. The van der Waals surface area contributed by atoms with Gasteiger partial charge >= 0.3 is 0 Å². The highest BCUT2D eigenvalue weighted by atomic mass is 35.5. The summed E-state index contributed by atoms with van der Waals surface area (Å²) in [5.74, 6) is 0.207. The van der Waals surface area contributed by atoms with Crippen molar-refractivity contribution < 1.29 is 4.79 Å². The molecule has 1 rings (SSSR count). The van der Waals surface area contributed by atoms with Crippen molar-refractivity contribution in [2.24, 2.45) is 0 Å². The SMILES string of the molecule is CC[C@@H]1CNCCN1C(C)=O.Cl. The second kappa shape index (κ2) is 5.38. The maximum Gasteiger partial charge on any atom is 0.219 e. The number of hydrogen-bond acceptors (Lipinski definition) is 2. The molecule has 0 spiro atoms. The van der Waals surface area contributed by atoms with Gasteiger partial charge in [0.25, 0.3) is 0 Å². The smallest absolute Gasteiger partial charge is 0.219 e. The normalized spacial score (nSPS) is 23.2. The van der Waals surface area contributed by atoms with Gasteiger partial charge in [0.2, 0.25) is 5.91 Å². The summed E-state index contributed by atoms with van der Waals surface area (Å²) in [4.78, 5) is 13.0. The first-order chi connectivity index (χ1) is 5.25. The lowest BCUT2D eigenvalue weighted by atomic mass is 10.1. The summed E-state index contributed by atoms with van der Waals surface area (Å²) >= 11 is 0. The lowest BCUT2D eigenvalue weighted by Crippen LogP contribution is -2.52. The van der Waals surface area contributed by atoms with Crippen LogP contribution in [-0.2, 0) is 4.79 Å². The van der Waals surface area contributed by atoms with Crippen LogP contribution in [0.1, 0.15) is 20.3 Å². The van der Waals surface area contributed by atoms with Crippen molar-refractivity contribution in [2.45, 2.75) is 26.3 Å². The zero-order valence-corrected chi connectivity index (χ0v) is 8.49. The maximum atomic E-state index is 11.1. The zero-order chi connectivity index (χ0) is 8.27. The Hall–Kier alpha value is -0.280. The first-order valence-electron chi connectivity index (χ1n) is 4.23. The number of hydrogen-bond donors (Lipinski definition) is 1. The van der Waals surface area contributed by atoms with E-state index in [1.807, 2.05) is 4.90 Å². The summed E-state index contributed by atoms with van der Waals surface area (Å²) in [7, 11) is 0. The van der Waals surface area contributed by atoms with E-state index in [2.05, 4.69) is 12.2 Å². The highest BCUT2D eigenvalue weighted by Crippen LogP contribution is 2.06. The molecule has 1 amide bonds. The molecule has 72 valence electrons. The molecular weight excluding hydrogens is 176 g/mol. The first kappa shape index (κ1) is 11.7. The Morgan fingerprint density at radius 2 is 2.33 bits per heavy atom. The van der Waals surface area contributed by atoms with Crippen LogP contribution in [0, 0.1) is 0 Å². The molecule has 0 aromatic rings. The minimum atomic E-state index is 0. The highest BCUT2D eigenvalue weighted by Gasteiger charge is 2.21. The van der Waals surface area contributed by atoms with Crippen molar-refractivity contribution in [3.8, 4) is 0 Å². The molecule has 12 heavy (non-hydrogen) atoms. The minimum Gasteiger partial charge on any atom is -0.337 e. The molecule has 4 heteroatoms. The van der Waals surface area contributed by atoms with E-state index < -0.39 is 0 Å². The molecule has 1 N–H and O–H groups in total. The van der Waals surface area contributed by atoms with E-state index in [0.717, 1.165) is 26.1 Å². The van der Waals surface area contributed by atoms with Gasteiger partial charge in [-0.15, -0.1) is 12.4 Å². The lowest BCUT2D eigenvalue weighted by molar-refractivity contribution is -0.132. The molecule has 1 aliphatic rings. The van der Waals surface area contributed by atoms with Crippen LogP contribution in [0.3, 0.4) is 0 Å². The largest absolute Gasteiger partial charge is 0.337 e. The molecule has 0 saturated carbocycles. The minimum absolute atomic E-state index is 0. The third-order valence-corrected chi connectivity index (χ3v) is 2.23. The summed E-state index contributed by atoms with van der Waals surface area (Å²) in [5.41, 5.74) is 0. The topological polar surface area (TPSA) is 32.3 Å². The van der Waals surface area contributed by atoms with Gasteiger partial charge in [-0.3, -0.25) is 4.79 Å². The average Bonchev–Trinajstić information content (AvgIpc) is 2.04. The molecule has 1 aliphatic heterocycles. The number of carbonyl (C=O) groups excluding carboxylic acids is 1. The number of nitrogens with one attached hydrogen (secondary N) is 1. The number of carbonyl (C=O) groups is 1. The third kappa shape index (κ3) is 2.64. The van der Waals surface area contributed by atoms with Gasteiger partial charge < -0.3 is 10.2 Å². The monoisotopic (exact) mass is 192 g/mol. The number of nitrogens with zero attached hydrogens (tertiary/aromatic N) is 1. The van der Waals surface area contributed by atoms with Gasteiger partial charge in [-0.25, -0.2) is 0 Å². The molecule has 1 atom stereocenters. The van der Waals surface area contributed by atoms with Crippen molar-refractivity contribution in [2.75, 3.05) is 19.6 Å². The van der Waals surface area contributed by atoms with Crippen LogP contribution in [-0.4, -0.2) is 36.5 Å². The number of rotatable bonds is 1. The average molecular weight is 193 g/mol. The van der Waals surface area contributed by atoms with E-state index in [0.29, 0.717) is 6.04 Å². The molecule has 1 heterocycles. The van der Waals surface area contributed by atoms with E-state index in [1.165, 1.54) is 0 Å². The van der Waals surface area contributed by atoms with Crippen LogP contribution < -0.4 is 5.32 Å². The van der Waals surface area contributed by atoms with Gasteiger partial charge in [0.1, 0.15) is 0 Å². The van der Waals surface area contributed by atoms with E-state index in [9.17, 15) is 4.79 Å².